The summed E-state index contributed by atoms with van der Waals surface area (Å²) in [5, 5.41) is 3.42. The average molecular weight is 262 g/mol. The first kappa shape index (κ1) is 12.8. The van der Waals surface area contributed by atoms with Gasteiger partial charge in [-0.15, -0.1) is 0 Å². The molecule has 0 aromatic carbocycles. The van der Waals surface area contributed by atoms with Crippen LogP contribution in [0.1, 0.15) is 31.0 Å². The normalized spacial score (nSPS) is 23.2. The minimum atomic E-state index is 0.348. The average Bonchev–Trinajstić information content (AvgIpc) is 2.47. The van der Waals surface area contributed by atoms with Crippen molar-refractivity contribution in [1.82, 2.24) is 15.3 Å². The number of ether oxygens (including phenoxy) is 1. The Morgan fingerprint density at radius 1 is 1.47 bits per heavy atom. The summed E-state index contributed by atoms with van der Waals surface area (Å²) in [5.41, 5.74) is 2.49. The lowest BCUT2D eigenvalue weighted by molar-refractivity contribution is 0.0524. The fraction of sp³-hybridized carbons (Fsp3) is 0.714. The number of aromatic nitrogens is 2. The van der Waals surface area contributed by atoms with E-state index in [1.54, 1.807) is 6.33 Å². The second kappa shape index (κ2) is 5.84. The van der Waals surface area contributed by atoms with E-state index >= 15 is 0 Å². The van der Waals surface area contributed by atoms with Gasteiger partial charge in [0.05, 0.1) is 11.8 Å². The summed E-state index contributed by atoms with van der Waals surface area (Å²) in [5.74, 6) is 1.11. The summed E-state index contributed by atoms with van der Waals surface area (Å²) >= 11 is 0. The van der Waals surface area contributed by atoms with Crippen molar-refractivity contribution in [3.05, 3.63) is 17.6 Å². The van der Waals surface area contributed by atoms with E-state index in [9.17, 15) is 0 Å². The molecule has 2 aliphatic heterocycles. The highest BCUT2D eigenvalue weighted by molar-refractivity contribution is 5.49. The van der Waals surface area contributed by atoms with Crippen LogP contribution >= 0.6 is 0 Å². The van der Waals surface area contributed by atoms with Crippen molar-refractivity contribution in [3.8, 4) is 0 Å². The van der Waals surface area contributed by atoms with Gasteiger partial charge in [0.25, 0.3) is 0 Å². The van der Waals surface area contributed by atoms with Gasteiger partial charge in [-0.1, -0.05) is 0 Å². The van der Waals surface area contributed by atoms with Gasteiger partial charge >= 0.3 is 0 Å². The molecule has 1 fully saturated rings. The molecule has 5 nitrogen and oxygen atoms in total. The summed E-state index contributed by atoms with van der Waals surface area (Å²) in [6, 6.07) is 0. The third-order valence-electron chi connectivity index (χ3n) is 3.93. The largest absolute Gasteiger partial charge is 0.377 e. The Morgan fingerprint density at radius 2 is 2.42 bits per heavy atom. The zero-order valence-corrected chi connectivity index (χ0v) is 11.6. The standard InChI is InChI=1S/C14H22N4O/c1-2-19-11-4-3-7-18(9-11)14-12-8-15-6-5-13(12)16-10-17-14/h10-11,15H,2-9H2,1H3. The van der Waals surface area contributed by atoms with Crippen LogP contribution in [0, 0.1) is 0 Å². The molecule has 104 valence electrons. The van der Waals surface area contributed by atoms with E-state index in [1.807, 2.05) is 0 Å². The first-order valence-corrected chi connectivity index (χ1v) is 7.28. The number of rotatable bonds is 3. The van der Waals surface area contributed by atoms with Crippen molar-refractivity contribution in [3.63, 3.8) is 0 Å². The third kappa shape index (κ3) is 2.72. The van der Waals surface area contributed by atoms with E-state index in [1.165, 1.54) is 17.7 Å². The van der Waals surface area contributed by atoms with Gasteiger partial charge in [-0.25, -0.2) is 9.97 Å². The lowest BCUT2D eigenvalue weighted by Gasteiger charge is -2.35. The minimum absolute atomic E-state index is 0.348. The van der Waals surface area contributed by atoms with E-state index in [2.05, 4.69) is 27.1 Å². The molecule has 3 heterocycles. The van der Waals surface area contributed by atoms with Gasteiger partial charge in [-0.2, -0.15) is 0 Å². The molecule has 1 atom stereocenters. The van der Waals surface area contributed by atoms with Crippen molar-refractivity contribution in [1.29, 1.82) is 0 Å². The van der Waals surface area contributed by atoms with Gasteiger partial charge in [0.15, 0.2) is 0 Å². The lowest BCUT2D eigenvalue weighted by Crippen LogP contribution is -2.41. The van der Waals surface area contributed by atoms with Crippen LogP contribution < -0.4 is 10.2 Å². The Bertz CT molecular complexity index is 435. The van der Waals surface area contributed by atoms with Crippen molar-refractivity contribution in [2.45, 2.75) is 38.8 Å². The summed E-state index contributed by atoms with van der Waals surface area (Å²) in [7, 11) is 0. The van der Waals surface area contributed by atoms with Crippen LogP contribution in [0.4, 0.5) is 5.82 Å². The molecular formula is C14H22N4O. The second-order valence-electron chi connectivity index (χ2n) is 5.21. The highest BCUT2D eigenvalue weighted by Gasteiger charge is 2.25. The molecule has 1 aromatic heterocycles. The lowest BCUT2D eigenvalue weighted by atomic mass is 10.0. The van der Waals surface area contributed by atoms with Crippen LogP contribution in [-0.4, -0.2) is 42.3 Å². The highest BCUT2D eigenvalue weighted by Crippen LogP contribution is 2.25. The summed E-state index contributed by atoms with van der Waals surface area (Å²) < 4.78 is 5.78. The van der Waals surface area contributed by atoms with E-state index in [4.69, 9.17) is 4.74 Å². The van der Waals surface area contributed by atoms with Crippen LogP contribution in [0.5, 0.6) is 0 Å². The van der Waals surface area contributed by atoms with E-state index in [0.29, 0.717) is 6.10 Å². The Labute approximate surface area is 114 Å². The molecular weight excluding hydrogens is 240 g/mol. The van der Waals surface area contributed by atoms with Crippen molar-refractivity contribution >= 4 is 5.82 Å². The zero-order valence-electron chi connectivity index (χ0n) is 11.6. The maximum atomic E-state index is 5.78. The molecule has 0 radical (unpaired) electrons. The molecule has 0 aliphatic carbocycles. The van der Waals surface area contributed by atoms with Gasteiger partial charge in [-0.05, 0) is 19.8 Å². The van der Waals surface area contributed by atoms with E-state index < -0.39 is 0 Å². The summed E-state index contributed by atoms with van der Waals surface area (Å²) in [6.45, 7) is 6.80. The zero-order chi connectivity index (χ0) is 13.1. The molecule has 1 aromatic rings. The van der Waals surface area contributed by atoms with Crippen molar-refractivity contribution in [2.75, 3.05) is 31.1 Å². The molecule has 1 N–H and O–H groups in total. The first-order chi connectivity index (χ1) is 9.38. The molecule has 19 heavy (non-hydrogen) atoms. The molecule has 1 saturated heterocycles. The van der Waals surface area contributed by atoms with Crippen molar-refractivity contribution < 1.29 is 4.74 Å². The molecule has 0 spiro atoms. The quantitative estimate of drug-likeness (QED) is 0.885. The van der Waals surface area contributed by atoms with Gasteiger partial charge in [0.2, 0.25) is 0 Å². The van der Waals surface area contributed by atoms with E-state index in [-0.39, 0.29) is 0 Å². The monoisotopic (exact) mass is 262 g/mol. The number of nitrogens with one attached hydrogen (secondary N) is 1. The van der Waals surface area contributed by atoms with Crippen molar-refractivity contribution in [2.24, 2.45) is 0 Å². The topological polar surface area (TPSA) is 50.3 Å². The highest BCUT2D eigenvalue weighted by atomic mass is 16.5. The number of fused-ring (bicyclic) bond motifs is 1. The minimum Gasteiger partial charge on any atom is -0.377 e. The van der Waals surface area contributed by atoms with Gasteiger partial charge in [0.1, 0.15) is 12.1 Å². The molecule has 1 unspecified atom stereocenters. The molecule has 0 saturated carbocycles. The SMILES string of the molecule is CCOC1CCCN(c2ncnc3c2CNCC3)C1. The molecule has 2 aliphatic rings. The number of hydrogen-bond donors (Lipinski definition) is 1. The van der Waals surface area contributed by atoms with Crippen LogP contribution in [0.15, 0.2) is 6.33 Å². The van der Waals surface area contributed by atoms with Crippen LogP contribution in [0.25, 0.3) is 0 Å². The maximum Gasteiger partial charge on any atom is 0.136 e. The van der Waals surface area contributed by atoms with Crippen LogP contribution in [-0.2, 0) is 17.7 Å². The maximum absolute atomic E-state index is 5.78. The number of piperidine rings is 1. The molecule has 5 heteroatoms. The van der Waals surface area contributed by atoms with Gasteiger partial charge < -0.3 is 15.0 Å². The Kier molecular flexibility index (Phi) is 3.94. The number of nitrogens with zero attached hydrogens (tertiary/aromatic N) is 3. The summed E-state index contributed by atoms with van der Waals surface area (Å²) in [6.07, 6.45) is 5.41. The molecule has 0 amide bonds. The molecule has 3 rings (SSSR count). The van der Waals surface area contributed by atoms with Crippen LogP contribution in [0.2, 0.25) is 0 Å². The van der Waals surface area contributed by atoms with Gasteiger partial charge in [-0.3, -0.25) is 0 Å². The predicted molar refractivity (Wildman–Crippen MR) is 74.3 cm³/mol. The Balaban J connectivity index is 1.81. The van der Waals surface area contributed by atoms with Crippen LogP contribution in [0.3, 0.4) is 0 Å². The Hall–Kier alpha value is -1.20. The Morgan fingerprint density at radius 3 is 3.32 bits per heavy atom. The second-order valence-corrected chi connectivity index (χ2v) is 5.21. The third-order valence-corrected chi connectivity index (χ3v) is 3.93. The summed E-state index contributed by atoms with van der Waals surface area (Å²) in [4.78, 5) is 11.3. The fourth-order valence-electron chi connectivity index (χ4n) is 3.03. The smallest absolute Gasteiger partial charge is 0.136 e. The number of hydrogen-bond acceptors (Lipinski definition) is 5. The fourth-order valence-corrected chi connectivity index (χ4v) is 3.03. The van der Waals surface area contributed by atoms with Gasteiger partial charge in [0, 0.05) is 44.8 Å². The predicted octanol–water partition coefficient (Wildman–Crippen LogP) is 1.13. The van der Waals surface area contributed by atoms with E-state index in [0.717, 1.165) is 51.4 Å². The first-order valence-electron chi connectivity index (χ1n) is 7.28. The molecule has 0 bridgehead atoms. The number of anilines is 1.